The largest absolute Gasteiger partial charge is 0.349 e. The van der Waals surface area contributed by atoms with Crippen molar-refractivity contribution in [2.24, 2.45) is 5.92 Å². The number of hydrogen-bond donors (Lipinski definition) is 1. The van der Waals surface area contributed by atoms with E-state index in [-0.39, 0.29) is 23.7 Å². The molecule has 144 valence electrons. The molecular weight excluding hydrogens is 357 g/mol. The standard InChI is InChI=1S/C21H22FN5O/c1-13-4-5-14-6-7-15(22)11-16(14)18-3-2-9-26(18)19-8-10-27-20(25-19)17(12-23-27)24-21(13)28/h6-8,10-13,18H,2-5,9H2,1H3,(H,24,28)/t13-,18+/m0/s1. The SMILES string of the molecule is C[C@H]1CCc2ccc(F)cc2[C@H]2CCCN2c2ccn3ncc(c3n2)NC1=O. The van der Waals surface area contributed by atoms with E-state index in [1.165, 1.54) is 6.07 Å². The molecule has 7 heteroatoms. The molecule has 2 bridgehead atoms. The highest BCUT2D eigenvalue weighted by Gasteiger charge is 2.30. The van der Waals surface area contributed by atoms with E-state index in [1.807, 2.05) is 25.3 Å². The molecule has 0 saturated carbocycles. The van der Waals surface area contributed by atoms with Crippen molar-refractivity contribution in [3.63, 3.8) is 0 Å². The lowest BCUT2D eigenvalue weighted by Crippen LogP contribution is -2.25. The van der Waals surface area contributed by atoms with Crippen LogP contribution in [0, 0.1) is 11.7 Å². The van der Waals surface area contributed by atoms with Gasteiger partial charge in [-0.05, 0) is 55.0 Å². The number of carbonyl (C=O) groups is 1. The van der Waals surface area contributed by atoms with E-state index < -0.39 is 0 Å². The number of aromatic nitrogens is 3. The molecule has 2 aliphatic rings. The molecule has 2 atom stereocenters. The third kappa shape index (κ3) is 2.82. The Morgan fingerprint density at radius 2 is 2.14 bits per heavy atom. The fourth-order valence-electron chi connectivity index (χ4n) is 4.33. The Hall–Kier alpha value is -2.96. The van der Waals surface area contributed by atoms with Gasteiger partial charge in [-0.1, -0.05) is 13.0 Å². The number of nitrogens with one attached hydrogen (secondary N) is 1. The zero-order chi connectivity index (χ0) is 19.3. The van der Waals surface area contributed by atoms with Crippen molar-refractivity contribution < 1.29 is 9.18 Å². The van der Waals surface area contributed by atoms with Gasteiger partial charge in [-0.25, -0.2) is 13.9 Å². The Morgan fingerprint density at radius 1 is 1.25 bits per heavy atom. The summed E-state index contributed by atoms with van der Waals surface area (Å²) in [5.74, 6) is 0.387. The number of rotatable bonds is 0. The number of amides is 1. The minimum absolute atomic E-state index is 0.0505. The smallest absolute Gasteiger partial charge is 0.227 e. The van der Waals surface area contributed by atoms with Crippen molar-refractivity contribution in [2.45, 2.75) is 38.6 Å². The summed E-state index contributed by atoms with van der Waals surface area (Å²) in [4.78, 5) is 19.7. The number of hydrogen-bond acceptors (Lipinski definition) is 4. The molecule has 0 spiro atoms. The van der Waals surface area contributed by atoms with Gasteiger partial charge in [0.1, 0.15) is 17.3 Å². The van der Waals surface area contributed by atoms with E-state index in [4.69, 9.17) is 4.98 Å². The molecule has 0 aliphatic carbocycles. The summed E-state index contributed by atoms with van der Waals surface area (Å²) in [7, 11) is 0. The van der Waals surface area contributed by atoms with Crippen LogP contribution in [0.5, 0.6) is 0 Å². The molecule has 5 rings (SSSR count). The van der Waals surface area contributed by atoms with Gasteiger partial charge in [0.05, 0.1) is 12.2 Å². The Morgan fingerprint density at radius 3 is 3.04 bits per heavy atom. The number of nitrogens with zero attached hydrogens (tertiary/aromatic N) is 4. The Labute approximate surface area is 162 Å². The molecule has 0 radical (unpaired) electrons. The molecule has 1 amide bonds. The number of benzene rings is 1. The van der Waals surface area contributed by atoms with Gasteiger partial charge in [0.2, 0.25) is 5.91 Å². The fourth-order valence-corrected chi connectivity index (χ4v) is 4.33. The minimum atomic E-state index is -0.220. The second-order valence-corrected chi connectivity index (χ2v) is 7.74. The van der Waals surface area contributed by atoms with Crippen LogP contribution >= 0.6 is 0 Å². The van der Waals surface area contributed by atoms with Crippen LogP contribution in [0.2, 0.25) is 0 Å². The first-order chi connectivity index (χ1) is 13.6. The summed E-state index contributed by atoms with van der Waals surface area (Å²) in [5, 5.41) is 7.27. The van der Waals surface area contributed by atoms with Crippen LogP contribution in [0.3, 0.4) is 0 Å². The highest BCUT2D eigenvalue weighted by molar-refractivity contribution is 5.95. The summed E-state index contributed by atoms with van der Waals surface area (Å²) >= 11 is 0. The van der Waals surface area contributed by atoms with Crippen LogP contribution in [0.15, 0.2) is 36.7 Å². The topological polar surface area (TPSA) is 62.5 Å². The monoisotopic (exact) mass is 379 g/mol. The molecule has 2 aromatic heterocycles. The Kier molecular flexibility index (Phi) is 4.03. The third-order valence-electron chi connectivity index (χ3n) is 5.92. The average molecular weight is 379 g/mol. The number of halogens is 1. The van der Waals surface area contributed by atoms with Crippen molar-refractivity contribution in [3.8, 4) is 0 Å². The quantitative estimate of drug-likeness (QED) is 0.646. The normalized spacial score (nSPS) is 22.2. The van der Waals surface area contributed by atoms with E-state index in [9.17, 15) is 9.18 Å². The number of carbonyl (C=O) groups excluding carboxylic acids is 1. The van der Waals surface area contributed by atoms with Crippen molar-refractivity contribution >= 4 is 23.1 Å². The molecule has 1 N–H and O–H groups in total. The van der Waals surface area contributed by atoms with Gasteiger partial charge in [0, 0.05) is 18.7 Å². The van der Waals surface area contributed by atoms with Gasteiger partial charge in [-0.3, -0.25) is 4.79 Å². The second kappa shape index (κ2) is 6.58. The molecule has 1 fully saturated rings. The van der Waals surface area contributed by atoms with Gasteiger partial charge >= 0.3 is 0 Å². The Bertz CT molecular complexity index is 1060. The fraction of sp³-hybridized carbons (Fsp3) is 0.381. The van der Waals surface area contributed by atoms with Crippen LogP contribution in [0.4, 0.5) is 15.9 Å². The van der Waals surface area contributed by atoms with Crippen LogP contribution < -0.4 is 10.2 Å². The van der Waals surface area contributed by atoms with Crippen molar-refractivity contribution in [3.05, 3.63) is 53.6 Å². The lowest BCUT2D eigenvalue weighted by Gasteiger charge is -2.28. The van der Waals surface area contributed by atoms with E-state index in [1.54, 1.807) is 16.8 Å². The number of fused-ring (bicyclic) bond motifs is 5. The number of aryl methyl sites for hydroxylation is 1. The number of anilines is 2. The second-order valence-electron chi connectivity index (χ2n) is 7.74. The van der Waals surface area contributed by atoms with Crippen LogP contribution in [0.1, 0.15) is 43.4 Å². The van der Waals surface area contributed by atoms with Crippen molar-refractivity contribution in [2.75, 3.05) is 16.8 Å². The first-order valence-corrected chi connectivity index (χ1v) is 9.80. The molecule has 4 heterocycles. The molecule has 0 unspecified atom stereocenters. The molecule has 28 heavy (non-hydrogen) atoms. The summed E-state index contributed by atoms with van der Waals surface area (Å²) in [6, 6.07) is 7.07. The third-order valence-corrected chi connectivity index (χ3v) is 5.92. The highest BCUT2D eigenvalue weighted by atomic mass is 19.1. The van der Waals surface area contributed by atoms with E-state index in [2.05, 4.69) is 15.3 Å². The summed E-state index contributed by atoms with van der Waals surface area (Å²) in [6.07, 6.45) is 6.94. The minimum Gasteiger partial charge on any atom is -0.349 e. The first kappa shape index (κ1) is 17.2. The lowest BCUT2D eigenvalue weighted by molar-refractivity contribution is -0.119. The zero-order valence-corrected chi connectivity index (χ0v) is 15.7. The van der Waals surface area contributed by atoms with Gasteiger partial charge in [0.25, 0.3) is 0 Å². The molecular formula is C21H22FN5O. The first-order valence-electron chi connectivity index (χ1n) is 9.80. The molecule has 1 saturated heterocycles. The van der Waals surface area contributed by atoms with Gasteiger partial charge in [-0.15, -0.1) is 0 Å². The van der Waals surface area contributed by atoms with Crippen LogP contribution in [0.25, 0.3) is 5.65 Å². The van der Waals surface area contributed by atoms with Gasteiger partial charge < -0.3 is 10.2 Å². The summed E-state index contributed by atoms with van der Waals surface area (Å²) < 4.78 is 15.8. The predicted octanol–water partition coefficient (Wildman–Crippen LogP) is 3.73. The highest BCUT2D eigenvalue weighted by Crippen LogP contribution is 2.38. The van der Waals surface area contributed by atoms with Gasteiger partial charge in [-0.2, -0.15) is 5.10 Å². The zero-order valence-electron chi connectivity index (χ0n) is 15.7. The summed E-state index contributed by atoms with van der Waals surface area (Å²) in [6.45, 7) is 2.79. The average Bonchev–Trinajstić information content (AvgIpc) is 3.33. The van der Waals surface area contributed by atoms with Crippen molar-refractivity contribution in [1.29, 1.82) is 0 Å². The van der Waals surface area contributed by atoms with E-state index in [0.29, 0.717) is 17.8 Å². The van der Waals surface area contributed by atoms with E-state index in [0.717, 1.165) is 42.8 Å². The van der Waals surface area contributed by atoms with Crippen LogP contribution in [-0.4, -0.2) is 27.0 Å². The maximum atomic E-state index is 14.1. The Balaban J connectivity index is 1.68. The van der Waals surface area contributed by atoms with Crippen LogP contribution in [-0.2, 0) is 11.2 Å². The van der Waals surface area contributed by atoms with Crippen molar-refractivity contribution in [1.82, 2.24) is 14.6 Å². The van der Waals surface area contributed by atoms with Gasteiger partial charge in [0.15, 0.2) is 5.65 Å². The maximum Gasteiger partial charge on any atom is 0.227 e. The molecule has 2 aliphatic heterocycles. The molecule has 1 aromatic carbocycles. The maximum absolute atomic E-state index is 14.1. The summed E-state index contributed by atoms with van der Waals surface area (Å²) in [5.41, 5.74) is 3.38. The molecule has 6 nitrogen and oxygen atoms in total. The van der Waals surface area contributed by atoms with E-state index >= 15 is 0 Å². The molecule has 3 aromatic rings. The predicted molar refractivity (Wildman–Crippen MR) is 105 cm³/mol. The lowest BCUT2D eigenvalue weighted by atomic mass is 9.92.